The highest BCUT2D eigenvalue weighted by Crippen LogP contribution is 2.58. The maximum absolute atomic E-state index is 12.7. The van der Waals surface area contributed by atoms with Crippen LogP contribution in [0.1, 0.15) is 51.4 Å². The average molecular weight is 246 g/mol. The van der Waals surface area contributed by atoms with Gasteiger partial charge in [0.1, 0.15) is 11.6 Å². The molecule has 4 saturated carbocycles. The molecular weight excluding hydrogens is 224 g/mol. The minimum Gasteiger partial charge on any atom is -0.299 e. The molecule has 0 aromatic heterocycles. The molecule has 0 aromatic carbocycles. The van der Waals surface area contributed by atoms with Gasteiger partial charge in [-0.25, -0.2) is 0 Å². The summed E-state index contributed by atoms with van der Waals surface area (Å²) in [6.45, 7) is 0. The summed E-state index contributed by atoms with van der Waals surface area (Å²) in [5.74, 6) is 2.69. The largest absolute Gasteiger partial charge is 0.299 e. The average Bonchev–Trinajstić information content (AvgIpc) is 2.87. The predicted molar refractivity (Wildman–Crippen MR) is 67.9 cm³/mol. The smallest absolute Gasteiger partial charge is 0.140 e. The lowest BCUT2D eigenvalue weighted by atomic mass is 9.74. The van der Waals surface area contributed by atoms with Crippen molar-refractivity contribution < 1.29 is 9.59 Å². The summed E-state index contributed by atoms with van der Waals surface area (Å²) in [6.07, 6.45) is 9.30. The van der Waals surface area contributed by atoms with Crippen molar-refractivity contribution in [2.45, 2.75) is 51.4 Å². The van der Waals surface area contributed by atoms with Crippen molar-refractivity contribution in [1.82, 2.24) is 0 Å². The van der Waals surface area contributed by atoms with Gasteiger partial charge in [-0.2, -0.15) is 0 Å². The van der Waals surface area contributed by atoms with Crippen LogP contribution in [0.4, 0.5) is 0 Å². The summed E-state index contributed by atoms with van der Waals surface area (Å²) in [6, 6.07) is 0. The van der Waals surface area contributed by atoms with Gasteiger partial charge in [-0.15, -0.1) is 0 Å². The molecule has 4 fully saturated rings. The first-order valence-electron chi connectivity index (χ1n) is 7.86. The number of fused-ring (bicyclic) bond motifs is 5. The molecule has 4 rings (SSSR count). The van der Waals surface area contributed by atoms with Crippen molar-refractivity contribution in [3.63, 3.8) is 0 Å². The Balaban J connectivity index is 1.71. The molecule has 0 bridgehead atoms. The van der Waals surface area contributed by atoms with Gasteiger partial charge < -0.3 is 0 Å². The van der Waals surface area contributed by atoms with E-state index in [1.807, 2.05) is 0 Å². The zero-order valence-electron chi connectivity index (χ0n) is 10.9. The minimum atomic E-state index is 0.149. The number of carbonyl (C=O) groups excluding carboxylic acids is 2. The summed E-state index contributed by atoms with van der Waals surface area (Å²) < 4.78 is 0. The van der Waals surface area contributed by atoms with Gasteiger partial charge in [0.15, 0.2) is 0 Å². The van der Waals surface area contributed by atoms with E-state index in [-0.39, 0.29) is 23.7 Å². The van der Waals surface area contributed by atoms with Gasteiger partial charge in [0.2, 0.25) is 0 Å². The van der Waals surface area contributed by atoms with Gasteiger partial charge in [-0.1, -0.05) is 25.7 Å². The summed E-state index contributed by atoms with van der Waals surface area (Å²) in [7, 11) is 0. The molecule has 0 aliphatic heterocycles. The summed E-state index contributed by atoms with van der Waals surface area (Å²) in [5.41, 5.74) is 0. The molecule has 0 saturated heterocycles. The fraction of sp³-hybridized carbons (Fsp3) is 0.875. The Morgan fingerprint density at radius 2 is 1.00 bits per heavy atom. The fourth-order valence-corrected chi connectivity index (χ4v) is 5.69. The zero-order valence-corrected chi connectivity index (χ0v) is 10.9. The van der Waals surface area contributed by atoms with Crippen LogP contribution in [0.15, 0.2) is 0 Å². The van der Waals surface area contributed by atoms with Crippen LogP contribution in [-0.4, -0.2) is 11.6 Å². The highest BCUT2D eigenvalue weighted by molar-refractivity contribution is 5.99. The van der Waals surface area contributed by atoms with E-state index < -0.39 is 0 Å². The Bertz CT molecular complexity index is 362. The third-order valence-corrected chi connectivity index (χ3v) is 6.34. The lowest BCUT2D eigenvalue weighted by Crippen LogP contribution is -2.30. The van der Waals surface area contributed by atoms with Crippen LogP contribution in [0.3, 0.4) is 0 Å². The Morgan fingerprint density at radius 3 is 1.44 bits per heavy atom. The second-order valence-electron chi connectivity index (χ2n) is 6.97. The first-order valence-corrected chi connectivity index (χ1v) is 7.86. The van der Waals surface area contributed by atoms with Crippen molar-refractivity contribution in [3.05, 3.63) is 0 Å². The van der Waals surface area contributed by atoms with E-state index in [1.54, 1.807) is 0 Å². The molecule has 0 radical (unpaired) electrons. The highest BCUT2D eigenvalue weighted by Gasteiger charge is 2.62. The van der Waals surface area contributed by atoms with Crippen LogP contribution in [-0.2, 0) is 9.59 Å². The Hall–Kier alpha value is -0.660. The summed E-state index contributed by atoms with van der Waals surface area (Å²) in [4.78, 5) is 25.3. The van der Waals surface area contributed by atoms with Crippen LogP contribution in [0.5, 0.6) is 0 Å². The molecule has 2 heteroatoms. The molecule has 0 aromatic rings. The summed E-state index contributed by atoms with van der Waals surface area (Å²) in [5, 5.41) is 0. The third-order valence-electron chi connectivity index (χ3n) is 6.34. The topological polar surface area (TPSA) is 34.1 Å². The lowest BCUT2D eigenvalue weighted by molar-refractivity contribution is -0.126. The van der Waals surface area contributed by atoms with E-state index in [4.69, 9.17) is 0 Å². The molecule has 0 heterocycles. The molecule has 6 atom stereocenters. The highest BCUT2D eigenvalue weighted by atomic mass is 16.1. The second-order valence-corrected chi connectivity index (χ2v) is 6.97. The van der Waals surface area contributed by atoms with E-state index >= 15 is 0 Å². The van der Waals surface area contributed by atoms with Gasteiger partial charge in [0, 0.05) is 23.7 Å². The number of hydrogen-bond donors (Lipinski definition) is 0. The minimum absolute atomic E-state index is 0.149. The number of Topliss-reactive ketones (excluding diaryl/α,β-unsaturated/α-hetero) is 2. The number of hydrogen-bond acceptors (Lipinski definition) is 2. The van der Waals surface area contributed by atoms with E-state index in [2.05, 4.69) is 0 Å². The Labute approximate surface area is 109 Å². The maximum Gasteiger partial charge on any atom is 0.140 e. The molecule has 4 aliphatic carbocycles. The first kappa shape index (κ1) is 11.2. The molecule has 4 aliphatic rings. The molecule has 0 N–H and O–H groups in total. The van der Waals surface area contributed by atoms with Crippen LogP contribution >= 0.6 is 0 Å². The standard InChI is InChI=1S/C16H22O2/c17-15-11-7-3-1-5-9(11)13-14(15)10-6-2-4-8-12(10)16(13)18/h9-14H,1-8H2. The van der Waals surface area contributed by atoms with Gasteiger partial charge in [0.05, 0.1) is 0 Å². The lowest BCUT2D eigenvalue weighted by Gasteiger charge is -2.29. The number of carbonyl (C=O) groups is 2. The van der Waals surface area contributed by atoms with Crippen molar-refractivity contribution in [1.29, 1.82) is 0 Å². The second kappa shape index (κ2) is 3.91. The quantitative estimate of drug-likeness (QED) is 0.658. The summed E-state index contributed by atoms with van der Waals surface area (Å²) >= 11 is 0. The van der Waals surface area contributed by atoms with Crippen LogP contribution < -0.4 is 0 Å². The first-order chi connectivity index (χ1) is 8.79. The van der Waals surface area contributed by atoms with Crippen LogP contribution in [0.25, 0.3) is 0 Å². The van der Waals surface area contributed by atoms with E-state index in [0.29, 0.717) is 23.4 Å². The van der Waals surface area contributed by atoms with Crippen LogP contribution in [0.2, 0.25) is 0 Å². The number of rotatable bonds is 0. The molecule has 0 spiro atoms. The van der Waals surface area contributed by atoms with Crippen molar-refractivity contribution in [2.24, 2.45) is 35.5 Å². The van der Waals surface area contributed by atoms with Gasteiger partial charge in [-0.3, -0.25) is 9.59 Å². The molecule has 2 nitrogen and oxygen atoms in total. The van der Waals surface area contributed by atoms with Crippen molar-refractivity contribution in [3.8, 4) is 0 Å². The SMILES string of the molecule is O=C1C2CCCCC2C2C(=O)C3CCCCC3C12. The van der Waals surface area contributed by atoms with Gasteiger partial charge in [0.25, 0.3) is 0 Å². The normalized spacial score (nSPS) is 50.9. The van der Waals surface area contributed by atoms with E-state index in [0.717, 1.165) is 25.7 Å². The predicted octanol–water partition coefficient (Wildman–Crippen LogP) is 3.00. The Kier molecular flexibility index (Phi) is 2.43. The molecular formula is C16H22O2. The van der Waals surface area contributed by atoms with Crippen molar-refractivity contribution >= 4 is 11.6 Å². The molecule has 98 valence electrons. The Morgan fingerprint density at radius 1 is 0.611 bits per heavy atom. The van der Waals surface area contributed by atoms with Gasteiger partial charge >= 0.3 is 0 Å². The van der Waals surface area contributed by atoms with Crippen molar-refractivity contribution in [2.75, 3.05) is 0 Å². The van der Waals surface area contributed by atoms with E-state index in [1.165, 1.54) is 25.7 Å². The third kappa shape index (κ3) is 1.30. The monoisotopic (exact) mass is 246 g/mol. The molecule has 18 heavy (non-hydrogen) atoms. The van der Waals surface area contributed by atoms with Crippen LogP contribution in [0, 0.1) is 35.5 Å². The maximum atomic E-state index is 12.7. The zero-order chi connectivity index (χ0) is 12.3. The number of ketones is 2. The molecule has 0 amide bonds. The molecule has 6 unspecified atom stereocenters. The fourth-order valence-electron chi connectivity index (χ4n) is 5.69. The van der Waals surface area contributed by atoms with E-state index in [9.17, 15) is 9.59 Å². The van der Waals surface area contributed by atoms with Gasteiger partial charge in [-0.05, 0) is 37.5 Å².